The lowest BCUT2D eigenvalue weighted by Gasteiger charge is -2.13. The van der Waals surface area contributed by atoms with Crippen molar-refractivity contribution in [3.63, 3.8) is 0 Å². The fourth-order valence-electron chi connectivity index (χ4n) is 3.05. The summed E-state index contributed by atoms with van der Waals surface area (Å²) in [5.41, 5.74) is 2.44. The number of hydrogen-bond acceptors (Lipinski definition) is 5. The van der Waals surface area contributed by atoms with Crippen molar-refractivity contribution in [2.45, 2.75) is 6.61 Å². The summed E-state index contributed by atoms with van der Waals surface area (Å²) in [6, 6.07) is 18.5. The number of esters is 1. The average molecular weight is 625 g/mol. The second-order valence-corrected chi connectivity index (χ2v) is 9.22. The van der Waals surface area contributed by atoms with E-state index >= 15 is 0 Å². The fraction of sp³-hybridized carbons (Fsp3) is 0.0833. The number of rotatable bonds is 6. The number of nitrogens with zero attached hydrogens (tertiary/aromatic N) is 1. The minimum Gasteiger partial charge on any atom is -0.493 e. The van der Waals surface area contributed by atoms with Gasteiger partial charge in [0.2, 0.25) is 5.90 Å². The Labute approximate surface area is 212 Å². The molecule has 0 atom stereocenters. The second-order valence-electron chi connectivity index (χ2n) is 6.76. The molecule has 1 heterocycles. The standard InChI is InChI=1S/C24H16BrClINO4/c1-30-21-7-3-5-15(22(21)31-13-14-4-2-6-17(26)10-14)12-20-24(29)32-23(28-20)16-8-9-19(27)18(25)11-16/h2-12H,13H2,1H3/b20-12-. The number of ether oxygens (including phenoxy) is 3. The lowest BCUT2D eigenvalue weighted by molar-refractivity contribution is -0.129. The Bertz CT molecular complexity index is 1260. The summed E-state index contributed by atoms with van der Waals surface area (Å²) in [5, 5.41) is 0.631. The first kappa shape index (κ1) is 22.8. The van der Waals surface area contributed by atoms with E-state index in [0.717, 1.165) is 13.6 Å². The summed E-state index contributed by atoms with van der Waals surface area (Å²) in [7, 11) is 1.56. The summed E-state index contributed by atoms with van der Waals surface area (Å²) in [4.78, 5) is 16.9. The van der Waals surface area contributed by atoms with Crippen molar-refractivity contribution in [2.75, 3.05) is 7.11 Å². The molecule has 0 fully saturated rings. The van der Waals surface area contributed by atoms with E-state index in [0.29, 0.717) is 27.6 Å². The van der Waals surface area contributed by atoms with Gasteiger partial charge in [0.1, 0.15) is 6.61 Å². The van der Waals surface area contributed by atoms with Crippen LogP contribution >= 0.6 is 50.1 Å². The van der Waals surface area contributed by atoms with Crippen LogP contribution < -0.4 is 9.47 Å². The largest absolute Gasteiger partial charge is 0.493 e. The zero-order valence-corrected chi connectivity index (χ0v) is 21.3. The van der Waals surface area contributed by atoms with Crippen molar-refractivity contribution < 1.29 is 19.0 Å². The van der Waals surface area contributed by atoms with Crippen molar-refractivity contribution in [1.29, 1.82) is 0 Å². The quantitative estimate of drug-likeness (QED) is 0.175. The van der Waals surface area contributed by atoms with Gasteiger partial charge in [0, 0.05) is 24.2 Å². The van der Waals surface area contributed by atoms with Crippen LogP contribution in [0.1, 0.15) is 16.7 Å². The van der Waals surface area contributed by atoms with E-state index in [2.05, 4.69) is 43.5 Å². The normalized spacial score (nSPS) is 14.3. The molecule has 0 aliphatic carbocycles. The third-order valence-corrected chi connectivity index (χ3v) is 7.15. The van der Waals surface area contributed by atoms with E-state index in [4.69, 9.17) is 25.8 Å². The Morgan fingerprint density at radius 2 is 1.97 bits per heavy atom. The lowest BCUT2D eigenvalue weighted by Crippen LogP contribution is -2.05. The summed E-state index contributed by atoms with van der Waals surface area (Å²) in [5.74, 6) is 0.760. The second kappa shape index (κ2) is 10.1. The summed E-state index contributed by atoms with van der Waals surface area (Å²) in [6.45, 7) is 0.284. The van der Waals surface area contributed by atoms with Gasteiger partial charge >= 0.3 is 5.97 Å². The van der Waals surface area contributed by atoms with Crippen LogP contribution in [0, 0.1) is 3.57 Å². The van der Waals surface area contributed by atoms with Crippen LogP contribution in [-0.2, 0) is 16.1 Å². The fourth-order valence-corrected chi connectivity index (χ4v) is 3.98. The van der Waals surface area contributed by atoms with Crippen LogP contribution in [0.25, 0.3) is 6.08 Å². The molecule has 8 heteroatoms. The minimum absolute atomic E-state index is 0.176. The van der Waals surface area contributed by atoms with E-state index in [1.54, 1.807) is 25.3 Å². The monoisotopic (exact) mass is 623 g/mol. The highest BCUT2D eigenvalue weighted by Gasteiger charge is 2.25. The molecule has 32 heavy (non-hydrogen) atoms. The molecule has 0 bridgehead atoms. The Hall–Kier alpha value is -2.36. The van der Waals surface area contributed by atoms with E-state index < -0.39 is 5.97 Å². The Morgan fingerprint density at radius 3 is 2.72 bits per heavy atom. The highest BCUT2D eigenvalue weighted by atomic mass is 127. The molecular formula is C24H16BrClINO4. The highest BCUT2D eigenvalue weighted by molar-refractivity contribution is 14.1. The highest BCUT2D eigenvalue weighted by Crippen LogP contribution is 2.34. The molecule has 0 radical (unpaired) electrons. The van der Waals surface area contributed by atoms with E-state index in [1.165, 1.54) is 0 Å². The first-order chi connectivity index (χ1) is 15.4. The molecule has 1 aliphatic rings. The number of aliphatic imine (C=N–C) groups is 1. The van der Waals surface area contributed by atoms with Crippen molar-refractivity contribution >= 4 is 68.1 Å². The summed E-state index contributed by atoms with van der Waals surface area (Å²) < 4.78 is 18.9. The van der Waals surface area contributed by atoms with Crippen LogP contribution in [0.5, 0.6) is 11.5 Å². The van der Waals surface area contributed by atoms with Gasteiger partial charge in [-0.05, 0) is 86.6 Å². The Morgan fingerprint density at radius 1 is 1.16 bits per heavy atom. The topological polar surface area (TPSA) is 57.1 Å². The number of methoxy groups -OCH3 is 1. The smallest absolute Gasteiger partial charge is 0.363 e. The third-order valence-electron chi connectivity index (χ3n) is 4.58. The van der Waals surface area contributed by atoms with Gasteiger partial charge in [0.05, 0.1) is 7.11 Å². The van der Waals surface area contributed by atoms with Gasteiger partial charge in [0.15, 0.2) is 17.2 Å². The summed E-state index contributed by atoms with van der Waals surface area (Å²) >= 11 is 11.8. The molecule has 0 spiro atoms. The number of cyclic esters (lactones) is 1. The van der Waals surface area contributed by atoms with E-state index in [1.807, 2.05) is 48.5 Å². The summed E-state index contributed by atoms with van der Waals surface area (Å²) in [6.07, 6.45) is 1.63. The van der Waals surface area contributed by atoms with Crippen LogP contribution in [0.4, 0.5) is 0 Å². The predicted octanol–water partition coefficient (Wildman–Crippen LogP) is 6.64. The molecule has 1 aliphatic heterocycles. The number of halogens is 3. The molecule has 162 valence electrons. The number of benzene rings is 3. The first-order valence-corrected chi connectivity index (χ1v) is 11.7. The molecule has 0 saturated carbocycles. The number of carbonyl (C=O) groups is 1. The maximum absolute atomic E-state index is 12.5. The maximum atomic E-state index is 12.5. The SMILES string of the molecule is COc1cccc(/C=C2\N=C(c3ccc(I)c(Br)c3)OC2=O)c1OCc1cccc(Cl)c1. The molecular weight excluding hydrogens is 609 g/mol. The maximum Gasteiger partial charge on any atom is 0.363 e. The molecule has 3 aromatic carbocycles. The molecule has 4 rings (SSSR count). The van der Waals surface area contributed by atoms with E-state index in [9.17, 15) is 4.79 Å². The Balaban J connectivity index is 1.66. The predicted molar refractivity (Wildman–Crippen MR) is 136 cm³/mol. The number of para-hydroxylation sites is 1. The third kappa shape index (κ3) is 5.16. The lowest BCUT2D eigenvalue weighted by atomic mass is 10.1. The van der Waals surface area contributed by atoms with Gasteiger partial charge in [0.25, 0.3) is 0 Å². The molecule has 0 saturated heterocycles. The van der Waals surface area contributed by atoms with Crippen molar-refractivity contribution in [3.8, 4) is 11.5 Å². The van der Waals surface area contributed by atoms with Gasteiger partial charge in [-0.25, -0.2) is 9.79 Å². The van der Waals surface area contributed by atoms with Gasteiger partial charge in [-0.15, -0.1) is 0 Å². The van der Waals surface area contributed by atoms with E-state index in [-0.39, 0.29) is 18.2 Å². The minimum atomic E-state index is -0.529. The van der Waals surface area contributed by atoms with Gasteiger partial charge < -0.3 is 14.2 Å². The molecule has 0 N–H and O–H groups in total. The number of carbonyl (C=O) groups excluding carboxylic acids is 1. The van der Waals surface area contributed by atoms with Crippen LogP contribution in [-0.4, -0.2) is 19.0 Å². The van der Waals surface area contributed by atoms with Gasteiger partial charge in [-0.2, -0.15) is 0 Å². The molecule has 3 aromatic rings. The molecule has 0 aromatic heterocycles. The van der Waals surface area contributed by atoms with Crippen molar-refractivity contribution in [2.24, 2.45) is 4.99 Å². The van der Waals surface area contributed by atoms with Gasteiger partial charge in [-0.1, -0.05) is 35.9 Å². The Kier molecular flexibility index (Phi) is 7.17. The van der Waals surface area contributed by atoms with Crippen molar-refractivity contribution in [1.82, 2.24) is 0 Å². The van der Waals surface area contributed by atoms with Gasteiger partial charge in [-0.3, -0.25) is 0 Å². The molecule has 5 nitrogen and oxygen atoms in total. The molecule has 0 amide bonds. The molecule has 0 unspecified atom stereocenters. The van der Waals surface area contributed by atoms with Crippen LogP contribution in [0.15, 0.2) is 75.8 Å². The van der Waals surface area contributed by atoms with Crippen LogP contribution in [0.3, 0.4) is 0 Å². The van der Waals surface area contributed by atoms with Crippen LogP contribution in [0.2, 0.25) is 5.02 Å². The van der Waals surface area contributed by atoms with Crippen molar-refractivity contribution in [3.05, 3.63) is 96.1 Å². The zero-order valence-electron chi connectivity index (χ0n) is 16.8. The number of hydrogen-bond donors (Lipinski definition) is 0. The average Bonchev–Trinajstić information content (AvgIpc) is 3.14. The zero-order chi connectivity index (χ0) is 22.7. The first-order valence-electron chi connectivity index (χ1n) is 9.47.